The Balaban J connectivity index is 0.000000170. The molecule has 19 rings (SSSR count). The van der Waals surface area contributed by atoms with Gasteiger partial charge in [0, 0.05) is 223 Å². The topological polar surface area (TPSA) is 824 Å². The molecule has 19 heterocycles. The molecule has 10 aliphatic rings. The predicted molar refractivity (Wildman–Crippen MR) is 438 cm³/mol. The Morgan fingerprint density at radius 1 is 0.500 bits per heavy atom. The molecule has 0 aromatic carbocycles. The van der Waals surface area contributed by atoms with Crippen molar-refractivity contribution in [3.63, 3.8) is 0 Å². The van der Waals surface area contributed by atoms with Crippen LogP contribution in [0.15, 0.2) is 81.3 Å². The van der Waals surface area contributed by atoms with Gasteiger partial charge in [0.2, 0.25) is 23.4 Å². The Bertz CT molecular complexity index is 6200. The molecule has 9 aromatic rings. The van der Waals surface area contributed by atoms with E-state index in [4.69, 9.17) is 131 Å². The number of nitriles is 1. The number of azide groups is 4. The number of ether oxygens (including phenoxy) is 11. The monoisotopic (exact) mass is 2310 g/mol. The van der Waals surface area contributed by atoms with Gasteiger partial charge in [0.05, 0.1) is 97.4 Å². The Hall–Kier alpha value is -5.49. The van der Waals surface area contributed by atoms with Crippen molar-refractivity contribution in [2.75, 3.05) is 140 Å². The van der Waals surface area contributed by atoms with Crippen molar-refractivity contribution in [2.45, 2.75) is 126 Å². The summed E-state index contributed by atoms with van der Waals surface area (Å²) in [6, 6.07) is 4.22. The van der Waals surface area contributed by atoms with E-state index >= 15 is 0 Å². The molecular formula is C63H81N36O23P5Y5. The third-order valence-electron chi connectivity index (χ3n) is 21.9. The molecule has 0 aliphatic carbocycles. The molecule has 0 saturated carbocycles. The number of aromatic nitrogens is 17. The van der Waals surface area contributed by atoms with Crippen LogP contribution in [-0.2, 0) is 262 Å². The maximum absolute atomic E-state index is 12.0. The molecule has 0 amide bonds. The molecule has 59 nitrogen and oxygen atoms in total. The van der Waals surface area contributed by atoms with Crippen LogP contribution in [0, 0.1) is 11.3 Å². The summed E-state index contributed by atoms with van der Waals surface area (Å²) in [7, 11) is -11.0. The second-order valence-electron chi connectivity index (χ2n) is 29.8. The minimum Gasteiger partial charge on any atom is -0.476 e. The third-order valence-corrected chi connectivity index (χ3v) is 24.7. The molecule has 10 aliphatic heterocycles. The number of aliphatic hydroxyl groups is 1. The van der Waals surface area contributed by atoms with E-state index < -0.39 is 165 Å². The van der Waals surface area contributed by atoms with Crippen LogP contribution in [0.4, 0.5) is 35.2 Å². The zero-order valence-electron chi connectivity index (χ0n) is 70.3. The van der Waals surface area contributed by atoms with Gasteiger partial charge in [0.15, 0.2) is 105 Å². The standard InChI is InChI=1S/C14H19N8O5P.C14H16N5O5P.C12H16N9O4P.C12H15N8O4P.C11H15N6O5P.5Y/c1-3-24-11-7-10(18-13(15)19-11)22(6-17-7)12-8-9(20-21-16)14(27-12,4-25-8)5-26-28(2)23;1-25(21)23-6-13-5-22-11(10(13)20)14(4-15,24-13)9-3-2-8-12(16)17-7-18-19(8)9;1-26(22)24-3-12-2-23-6(7(12)19-20-15)10(25-12)21-4-16-5-8(13)17-11(14)18-9(5)21;1-25(21)23-3-12-2-22-7(8(12)18-19-14)11(24-12)20-5-17-6-9(13)15-4-16-10(6)20;1-23(19)21-5-11-4-20-7(8(11)15-16-13)9(22-11)17-3-2-6(12)14-10(17)18;;;;;/h6,8-9,12,28H,3-5H2,1-2H3,(H2,15,18,19);2-3,7,10-11,20,25H,5-6H2,1H3,(H2,16,17,18);4,6-7,10,26H,2-3H2,1H3,(H4,13,14,17,18);4-5,7-8,11,25H,2-3H2,1H3,(H2,13,15,16);2-3,7-9,23H,4-5H2,1H3,(H2,12,14,18);;;;;/t8-,9+,12-,14-;10-,11+,13+,14-;6-,7+,10-,12-;7-,8+,11-,12-;7-,8+,9-,11-;;;;;/m10111...../s1. The van der Waals surface area contributed by atoms with Crippen LogP contribution in [0.5, 0.6) is 5.88 Å². The molecule has 69 heteroatoms. The van der Waals surface area contributed by atoms with Crippen LogP contribution >= 0.6 is 40.1 Å². The van der Waals surface area contributed by atoms with Gasteiger partial charge in [-0.25, -0.2) is 39.2 Å². The molecule has 25 atom stereocenters. The maximum Gasteiger partial charge on any atom is 0.351 e. The van der Waals surface area contributed by atoms with Crippen molar-refractivity contribution < 1.29 is 266 Å². The van der Waals surface area contributed by atoms with Crippen LogP contribution in [0.3, 0.4) is 0 Å². The van der Waals surface area contributed by atoms with Crippen molar-refractivity contribution in [2.24, 2.45) is 20.5 Å². The van der Waals surface area contributed by atoms with Crippen LogP contribution < -0.4 is 44.8 Å². The van der Waals surface area contributed by atoms with E-state index in [-0.39, 0.29) is 271 Å². The van der Waals surface area contributed by atoms with E-state index in [1.165, 1.54) is 86.3 Å². The molecule has 9 aromatic heterocycles. The normalized spacial score (nSPS) is 31.0. The molecule has 0 spiro atoms. The molecule has 691 valence electrons. The summed E-state index contributed by atoms with van der Waals surface area (Å²) in [5.41, 5.74) is 65.7. The first-order valence-corrected chi connectivity index (χ1v) is 47.1. The zero-order chi connectivity index (χ0) is 90.4. The van der Waals surface area contributed by atoms with Gasteiger partial charge < -0.3 is 114 Å². The van der Waals surface area contributed by atoms with Crippen LogP contribution in [0.1, 0.15) is 37.5 Å². The summed E-state index contributed by atoms with van der Waals surface area (Å²) >= 11 is 0. The summed E-state index contributed by atoms with van der Waals surface area (Å²) in [5.74, 6) is 1.02. The van der Waals surface area contributed by atoms with Gasteiger partial charge in [0.1, 0.15) is 130 Å². The summed E-state index contributed by atoms with van der Waals surface area (Å²) in [6.45, 7) is 9.91. The number of hydrogen-bond donors (Lipinski definition) is 7. The summed E-state index contributed by atoms with van der Waals surface area (Å²) in [5, 5.41) is 39.9. The minimum absolute atomic E-state index is 0. The number of nitrogens with zero attached hydrogens (tertiary/aromatic N) is 30. The molecular weight excluding hydrogens is 2230 g/mol. The van der Waals surface area contributed by atoms with E-state index in [2.05, 4.69) is 106 Å². The van der Waals surface area contributed by atoms with E-state index in [0.29, 0.717) is 51.3 Å². The largest absolute Gasteiger partial charge is 0.476 e. The predicted octanol–water partition coefficient (Wildman–Crippen LogP) is 2.57. The van der Waals surface area contributed by atoms with E-state index in [9.17, 15) is 38.0 Å². The van der Waals surface area contributed by atoms with E-state index in [0.717, 1.165) is 0 Å². The second-order valence-corrected chi connectivity index (χ2v) is 36.2. The SMILES string of the molecule is CCOc1nc(N)nc2c1ncn2[C@@H]1O[C@@]2(CO[PH](C)=O)CO[C@@H]1[C@@H]2N=[N+]=[N-].C[PH](=O)OC[C@@]12CO[C@@H]([C@H](n3ccc(N)nc3=O)O1)[C@@H]2N=[N+]=[N-].C[PH](=O)OC[C@@]12CO[C@@H]([C@H](n3cnc4c(N)nc(N)nc43)O1)[C@@H]2N=[N+]=[N-].C[PH](=O)OC[C@@]12CO[C@@H]([C@H](n3cnc4c(N)ncnc43)O1)[C@@H]2N=[N+]=[N-].C[PH](=O)OC[C@]12CO[C@H]([C@@H]1O)[C@](C#N)(c1ccc3c(N)ncnn13)O2.[Y].[Y].[Y].[Y].[Y]. The average Bonchev–Trinajstić information content (AvgIpc) is 1.51. The first kappa shape index (κ1) is 109. The van der Waals surface area contributed by atoms with Crippen molar-refractivity contribution in [3.8, 4) is 11.9 Å². The van der Waals surface area contributed by atoms with Gasteiger partial charge in [-0.1, -0.05) is 20.5 Å². The number of aliphatic hydroxyl groups excluding tert-OH is 1. The smallest absolute Gasteiger partial charge is 0.351 e. The summed E-state index contributed by atoms with van der Waals surface area (Å²) < 4.78 is 155. The van der Waals surface area contributed by atoms with Gasteiger partial charge in [-0.3, -0.25) is 41.1 Å². The molecule has 5 unspecified atom stereocenters. The Labute approximate surface area is 872 Å². The number of imidazole rings is 3. The summed E-state index contributed by atoms with van der Waals surface area (Å²) in [4.78, 5) is 68.2. The number of rotatable bonds is 26. The second kappa shape index (κ2) is 45.2. The molecule has 132 heavy (non-hydrogen) atoms. The van der Waals surface area contributed by atoms with Gasteiger partial charge in [-0.05, 0) is 47.2 Å². The maximum atomic E-state index is 12.0. The van der Waals surface area contributed by atoms with Crippen molar-refractivity contribution in [3.05, 3.63) is 114 Å². The molecule has 10 fully saturated rings. The number of nitrogen functional groups attached to an aromatic ring is 6. The fourth-order valence-electron chi connectivity index (χ4n) is 16.4. The number of fused-ring (bicyclic) bond motifs is 14. The van der Waals surface area contributed by atoms with Crippen LogP contribution in [-0.4, -0.2) is 283 Å². The average molecular weight is 2310 g/mol. The number of hydrogen-bond acceptors (Lipinski definition) is 46. The number of nitrogens with two attached hydrogens (primary N) is 6. The Morgan fingerprint density at radius 2 is 0.894 bits per heavy atom. The van der Waals surface area contributed by atoms with E-state index in [1.54, 1.807) is 25.8 Å². The van der Waals surface area contributed by atoms with Crippen molar-refractivity contribution in [1.29, 1.82) is 5.26 Å². The Morgan fingerprint density at radius 3 is 1.32 bits per heavy atom. The quantitative estimate of drug-likeness (QED) is 0.0177. The third kappa shape index (κ3) is 20.9. The van der Waals surface area contributed by atoms with Crippen LogP contribution in [0.2, 0.25) is 0 Å². The zero-order valence-corrected chi connectivity index (χ0v) is 89.4. The van der Waals surface area contributed by atoms with Gasteiger partial charge in [-0.15, -0.1) is 0 Å². The first-order chi connectivity index (χ1) is 60.9. The van der Waals surface area contributed by atoms with Crippen molar-refractivity contribution in [1.82, 2.24) is 82.7 Å². The minimum atomic E-state index is -2.23. The van der Waals surface area contributed by atoms with E-state index in [1.807, 2.05) is 6.92 Å². The first-order valence-electron chi connectivity index (χ1n) is 38.1. The molecule has 10 bridgehead atoms. The number of anilines is 6. The molecule has 10 saturated heterocycles. The fraction of sp³-hybridized carbons (Fsp3) is 0.587. The summed E-state index contributed by atoms with van der Waals surface area (Å²) in [6.07, 6.45) is 1.24. The van der Waals surface area contributed by atoms with Crippen LogP contribution in [0.25, 0.3) is 80.8 Å². The molecule has 13 N–H and O–H groups in total. The van der Waals surface area contributed by atoms with Gasteiger partial charge >= 0.3 is 5.69 Å². The van der Waals surface area contributed by atoms with Gasteiger partial charge in [0.25, 0.3) is 0 Å². The van der Waals surface area contributed by atoms with Gasteiger partial charge in [-0.2, -0.15) is 35.3 Å². The fourth-order valence-corrected chi connectivity index (χ4v) is 18.6. The molecule has 5 radical (unpaired) electrons. The Kier molecular flexibility index (Phi) is 37.2. The van der Waals surface area contributed by atoms with Crippen molar-refractivity contribution >= 4 is 114 Å².